The van der Waals surface area contributed by atoms with Gasteiger partial charge in [0.1, 0.15) is 5.75 Å². The number of aromatic nitrogens is 3. The molecule has 0 radical (unpaired) electrons. The molecule has 1 atom stereocenters. The molecule has 0 amide bonds. The van der Waals surface area contributed by atoms with Crippen molar-refractivity contribution in [1.29, 1.82) is 0 Å². The van der Waals surface area contributed by atoms with Crippen LogP contribution in [0.15, 0.2) is 53.7 Å². The van der Waals surface area contributed by atoms with Gasteiger partial charge in [-0.05, 0) is 43.7 Å². The third-order valence-electron chi connectivity index (χ3n) is 3.92. The van der Waals surface area contributed by atoms with Crippen molar-refractivity contribution in [2.24, 2.45) is 0 Å². The van der Waals surface area contributed by atoms with Crippen LogP contribution in [0, 0.1) is 10.1 Å². The number of non-ortho nitro benzene ring substituents is 1. The molecule has 0 aliphatic carbocycles. The van der Waals surface area contributed by atoms with Crippen molar-refractivity contribution in [3.63, 3.8) is 0 Å². The van der Waals surface area contributed by atoms with Crippen molar-refractivity contribution in [3.8, 4) is 17.1 Å². The molecule has 1 heterocycles. The highest BCUT2D eigenvalue weighted by atomic mass is 32.2. The molecule has 27 heavy (non-hydrogen) atoms. The number of rotatable bonds is 7. The quantitative estimate of drug-likeness (QED) is 0.285. The van der Waals surface area contributed by atoms with Crippen LogP contribution in [0.3, 0.4) is 0 Å². The Kier molecular flexibility index (Phi) is 5.60. The summed E-state index contributed by atoms with van der Waals surface area (Å²) in [5.41, 5.74) is 1.70. The van der Waals surface area contributed by atoms with E-state index in [1.54, 1.807) is 12.1 Å². The maximum absolute atomic E-state index is 11.0. The molecule has 0 aliphatic heterocycles. The van der Waals surface area contributed by atoms with E-state index < -0.39 is 4.92 Å². The maximum atomic E-state index is 11.0. The number of nitro groups is 1. The zero-order valence-corrected chi connectivity index (χ0v) is 15.7. The lowest BCUT2D eigenvalue weighted by Crippen LogP contribution is -2.12. The summed E-state index contributed by atoms with van der Waals surface area (Å²) < 4.78 is 6.86. The second-order valence-corrected chi connectivity index (χ2v) is 7.05. The van der Waals surface area contributed by atoms with Gasteiger partial charge >= 0.3 is 0 Å². The highest BCUT2D eigenvalue weighted by molar-refractivity contribution is 7.99. The molecule has 2 N–H and O–H groups in total. The van der Waals surface area contributed by atoms with Crippen LogP contribution >= 0.6 is 11.8 Å². The number of thioether (sulfide) groups is 1. The molecule has 0 saturated carbocycles. The van der Waals surface area contributed by atoms with Crippen molar-refractivity contribution in [1.82, 2.24) is 14.9 Å². The first-order chi connectivity index (χ1) is 13.0. The summed E-state index contributed by atoms with van der Waals surface area (Å²) in [7, 11) is 0. The van der Waals surface area contributed by atoms with Crippen LogP contribution < -0.4 is 10.6 Å². The molecule has 3 aromatic rings. The maximum Gasteiger partial charge on any atom is 0.269 e. The molecule has 1 unspecified atom stereocenters. The van der Waals surface area contributed by atoms with E-state index in [1.807, 2.05) is 44.2 Å². The summed E-state index contributed by atoms with van der Waals surface area (Å²) in [4.78, 5) is 10.6. The average molecular weight is 385 g/mol. The predicted octanol–water partition coefficient (Wildman–Crippen LogP) is 3.82. The summed E-state index contributed by atoms with van der Waals surface area (Å²) in [6.45, 7) is 4.47. The smallest absolute Gasteiger partial charge is 0.269 e. The third-order valence-corrected chi connectivity index (χ3v) is 5.04. The van der Waals surface area contributed by atoms with Crippen LogP contribution in [-0.4, -0.2) is 26.4 Å². The number of nitrogens with two attached hydrogens (primary N) is 1. The molecule has 0 spiro atoms. The number of nitrogens with zero attached hydrogens (tertiary/aromatic N) is 4. The minimum Gasteiger partial charge on any atom is -0.494 e. The minimum absolute atomic E-state index is 0.0595. The normalized spacial score (nSPS) is 11.9. The molecule has 0 bridgehead atoms. The predicted molar refractivity (Wildman–Crippen MR) is 104 cm³/mol. The van der Waals surface area contributed by atoms with Crippen molar-refractivity contribution in [2.75, 3.05) is 12.4 Å². The van der Waals surface area contributed by atoms with Crippen molar-refractivity contribution >= 4 is 17.4 Å². The van der Waals surface area contributed by atoms with Gasteiger partial charge in [0.05, 0.1) is 11.5 Å². The Balaban J connectivity index is 1.79. The largest absolute Gasteiger partial charge is 0.494 e. The molecule has 1 aromatic heterocycles. The zero-order chi connectivity index (χ0) is 19.4. The van der Waals surface area contributed by atoms with Gasteiger partial charge in [0.15, 0.2) is 5.82 Å². The first kappa shape index (κ1) is 18.7. The number of benzene rings is 2. The molecular weight excluding hydrogens is 366 g/mol. The first-order valence-corrected chi connectivity index (χ1v) is 9.22. The van der Waals surface area contributed by atoms with E-state index in [9.17, 15) is 10.1 Å². The average Bonchev–Trinajstić information content (AvgIpc) is 3.03. The Morgan fingerprint density at radius 2 is 2.00 bits per heavy atom. The molecule has 2 aromatic carbocycles. The molecule has 9 heteroatoms. The summed E-state index contributed by atoms with van der Waals surface area (Å²) in [6, 6.07) is 14.0. The summed E-state index contributed by atoms with van der Waals surface area (Å²) in [5.74, 6) is 7.48. The Hall–Kier alpha value is -3.07. The lowest BCUT2D eigenvalue weighted by atomic mass is 10.1. The van der Waals surface area contributed by atoms with E-state index in [-0.39, 0.29) is 10.9 Å². The van der Waals surface area contributed by atoms with Gasteiger partial charge in [0.2, 0.25) is 5.16 Å². The van der Waals surface area contributed by atoms with Crippen LogP contribution in [0.5, 0.6) is 5.75 Å². The summed E-state index contributed by atoms with van der Waals surface area (Å²) in [5, 5.41) is 19.7. The van der Waals surface area contributed by atoms with E-state index in [1.165, 1.54) is 22.5 Å². The SMILES string of the molecule is CCOc1ccc(-c2nnc(SC(C)c3cccc([N+](=O)[O-])c3)n2N)cc1. The van der Waals surface area contributed by atoms with Crippen molar-refractivity contribution < 1.29 is 9.66 Å². The highest BCUT2D eigenvalue weighted by Crippen LogP contribution is 2.35. The Labute approximate surface area is 160 Å². The first-order valence-electron chi connectivity index (χ1n) is 8.34. The number of nitro benzene ring substituents is 1. The van der Waals surface area contributed by atoms with E-state index in [2.05, 4.69) is 10.2 Å². The van der Waals surface area contributed by atoms with Crippen molar-refractivity contribution in [3.05, 3.63) is 64.2 Å². The second kappa shape index (κ2) is 8.09. The number of nitrogen functional groups attached to an aromatic ring is 1. The lowest BCUT2D eigenvalue weighted by molar-refractivity contribution is -0.384. The zero-order valence-electron chi connectivity index (χ0n) is 14.9. The fraction of sp³-hybridized carbons (Fsp3) is 0.222. The molecule has 0 saturated heterocycles. The fourth-order valence-electron chi connectivity index (χ4n) is 2.54. The van der Waals surface area contributed by atoms with E-state index in [4.69, 9.17) is 10.6 Å². The van der Waals surface area contributed by atoms with Gasteiger partial charge in [-0.25, -0.2) is 4.68 Å². The minimum atomic E-state index is -0.406. The number of hydrogen-bond acceptors (Lipinski definition) is 7. The molecule has 8 nitrogen and oxygen atoms in total. The standard InChI is InChI=1S/C18H19N5O3S/c1-3-26-16-9-7-13(8-10-16)17-20-21-18(22(17)19)27-12(2)14-5-4-6-15(11-14)23(24)25/h4-12H,3,19H2,1-2H3. The Morgan fingerprint density at radius 3 is 2.67 bits per heavy atom. The van der Waals surface area contributed by atoms with E-state index in [0.29, 0.717) is 17.6 Å². The van der Waals surface area contributed by atoms with Crippen LogP contribution in [0.2, 0.25) is 0 Å². The third kappa shape index (κ3) is 4.20. The van der Waals surface area contributed by atoms with Crippen LogP contribution in [0.1, 0.15) is 24.7 Å². The molecular formula is C18H19N5O3S. The van der Waals surface area contributed by atoms with Gasteiger partial charge in [-0.1, -0.05) is 23.9 Å². The lowest BCUT2D eigenvalue weighted by Gasteiger charge is -2.11. The summed E-state index contributed by atoms with van der Waals surface area (Å²) in [6.07, 6.45) is 0. The fourth-order valence-corrected chi connectivity index (χ4v) is 3.43. The monoisotopic (exact) mass is 385 g/mol. The van der Waals surface area contributed by atoms with Gasteiger partial charge in [0.25, 0.3) is 5.69 Å². The Bertz CT molecular complexity index is 942. The molecule has 140 valence electrons. The van der Waals surface area contributed by atoms with Gasteiger partial charge in [-0.2, -0.15) is 0 Å². The number of hydrogen-bond donors (Lipinski definition) is 1. The topological polar surface area (TPSA) is 109 Å². The molecule has 0 fully saturated rings. The van der Waals surface area contributed by atoms with Gasteiger partial charge in [-0.15, -0.1) is 10.2 Å². The van der Waals surface area contributed by atoms with Gasteiger partial charge in [-0.3, -0.25) is 10.1 Å². The second-order valence-electron chi connectivity index (χ2n) is 5.75. The summed E-state index contributed by atoms with van der Waals surface area (Å²) >= 11 is 1.39. The molecule has 0 aliphatic rings. The van der Waals surface area contributed by atoms with Crippen LogP contribution in [0.4, 0.5) is 5.69 Å². The van der Waals surface area contributed by atoms with Crippen LogP contribution in [0.25, 0.3) is 11.4 Å². The number of ether oxygens (including phenoxy) is 1. The highest BCUT2D eigenvalue weighted by Gasteiger charge is 2.18. The molecule has 3 rings (SSSR count). The van der Waals surface area contributed by atoms with Crippen molar-refractivity contribution in [2.45, 2.75) is 24.3 Å². The van der Waals surface area contributed by atoms with Gasteiger partial charge < -0.3 is 10.6 Å². The van der Waals surface area contributed by atoms with Crippen LogP contribution in [-0.2, 0) is 0 Å². The van der Waals surface area contributed by atoms with Gasteiger partial charge in [0, 0.05) is 22.9 Å². The van der Waals surface area contributed by atoms with E-state index in [0.717, 1.165) is 16.9 Å². The Morgan fingerprint density at radius 1 is 1.26 bits per heavy atom. The van der Waals surface area contributed by atoms with E-state index >= 15 is 0 Å².